The fraction of sp³-hybridized carbons (Fsp3) is 0.545. The Bertz CT molecular complexity index is 868. The molecule has 1 aromatic carbocycles. The molecule has 0 atom stereocenters. The van der Waals surface area contributed by atoms with Crippen LogP contribution in [0, 0.1) is 16.6 Å². The van der Waals surface area contributed by atoms with Gasteiger partial charge in [-0.25, -0.2) is 9.07 Å². The molecule has 1 saturated carbocycles. The van der Waals surface area contributed by atoms with E-state index in [-0.39, 0.29) is 22.6 Å². The van der Waals surface area contributed by atoms with Gasteiger partial charge in [-0.1, -0.05) is 13.8 Å². The maximum absolute atomic E-state index is 13.3. The van der Waals surface area contributed by atoms with Crippen molar-refractivity contribution in [3.8, 4) is 5.69 Å². The van der Waals surface area contributed by atoms with Crippen molar-refractivity contribution in [1.82, 2.24) is 14.7 Å². The predicted octanol–water partition coefficient (Wildman–Crippen LogP) is 3.74. The number of ether oxygens (including phenoxy) is 1. The van der Waals surface area contributed by atoms with Crippen molar-refractivity contribution in [2.45, 2.75) is 46.1 Å². The Labute approximate surface area is 165 Å². The second-order valence-corrected chi connectivity index (χ2v) is 9.21. The van der Waals surface area contributed by atoms with E-state index in [1.165, 1.54) is 12.1 Å². The summed E-state index contributed by atoms with van der Waals surface area (Å²) in [7, 11) is 1.70. The van der Waals surface area contributed by atoms with Crippen molar-refractivity contribution in [3.05, 3.63) is 47.5 Å². The molecule has 28 heavy (non-hydrogen) atoms. The molecule has 4 rings (SSSR count). The molecule has 1 aliphatic heterocycles. The van der Waals surface area contributed by atoms with Crippen molar-refractivity contribution in [2.24, 2.45) is 10.8 Å². The first-order valence-electron chi connectivity index (χ1n) is 9.89. The summed E-state index contributed by atoms with van der Waals surface area (Å²) in [5.41, 5.74) is 2.99. The number of aromatic nitrogens is 2. The van der Waals surface area contributed by atoms with Crippen LogP contribution >= 0.6 is 0 Å². The highest BCUT2D eigenvalue weighted by Crippen LogP contribution is 2.49. The van der Waals surface area contributed by atoms with Crippen molar-refractivity contribution in [2.75, 3.05) is 20.3 Å². The second-order valence-electron chi connectivity index (χ2n) is 9.21. The lowest BCUT2D eigenvalue weighted by Crippen LogP contribution is -2.38. The molecule has 1 aliphatic carbocycles. The van der Waals surface area contributed by atoms with Crippen LogP contribution in [0.2, 0.25) is 0 Å². The molecule has 0 bridgehead atoms. The number of benzene rings is 1. The topological polar surface area (TPSA) is 47.4 Å². The minimum Gasteiger partial charge on any atom is -0.384 e. The third-order valence-corrected chi connectivity index (χ3v) is 5.94. The zero-order valence-electron chi connectivity index (χ0n) is 16.9. The number of amides is 1. The first-order valence-corrected chi connectivity index (χ1v) is 9.89. The number of hydrogen-bond donors (Lipinski definition) is 0. The Hall–Kier alpha value is -2.21. The molecular formula is C22H28FN3O2. The van der Waals surface area contributed by atoms with Gasteiger partial charge in [-0.15, -0.1) is 0 Å². The lowest BCUT2D eigenvalue weighted by Gasteiger charge is -2.31. The van der Waals surface area contributed by atoms with Gasteiger partial charge < -0.3 is 9.64 Å². The maximum Gasteiger partial charge on any atom is 0.223 e. The van der Waals surface area contributed by atoms with Gasteiger partial charge in [0.2, 0.25) is 5.91 Å². The molecule has 2 heterocycles. The van der Waals surface area contributed by atoms with E-state index in [4.69, 9.17) is 4.74 Å². The number of fused-ring (bicyclic) bond motifs is 1. The van der Waals surface area contributed by atoms with Gasteiger partial charge >= 0.3 is 0 Å². The van der Waals surface area contributed by atoms with E-state index in [2.05, 4.69) is 18.9 Å². The zero-order valence-corrected chi connectivity index (χ0v) is 16.9. The van der Waals surface area contributed by atoms with Gasteiger partial charge in [0.15, 0.2) is 0 Å². The lowest BCUT2D eigenvalue weighted by atomic mass is 9.87. The molecule has 0 spiro atoms. The van der Waals surface area contributed by atoms with Crippen LogP contribution in [0.4, 0.5) is 4.39 Å². The van der Waals surface area contributed by atoms with E-state index < -0.39 is 0 Å². The molecule has 5 nitrogen and oxygen atoms in total. The van der Waals surface area contributed by atoms with E-state index in [0.717, 1.165) is 36.2 Å². The van der Waals surface area contributed by atoms with E-state index >= 15 is 0 Å². The highest BCUT2D eigenvalue weighted by Gasteiger charge is 2.45. The predicted molar refractivity (Wildman–Crippen MR) is 105 cm³/mol. The molecule has 0 saturated heterocycles. The number of methoxy groups -OCH3 is 1. The Balaban J connectivity index is 1.60. The van der Waals surface area contributed by atoms with Gasteiger partial charge in [-0.3, -0.25) is 4.79 Å². The third kappa shape index (κ3) is 3.83. The van der Waals surface area contributed by atoms with Crippen molar-refractivity contribution < 1.29 is 13.9 Å². The quantitative estimate of drug-likeness (QED) is 0.788. The summed E-state index contributed by atoms with van der Waals surface area (Å²) in [6, 6.07) is 6.38. The number of rotatable bonds is 5. The Morgan fingerprint density at radius 1 is 1.25 bits per heavy atom. The summed E-state index contributed by atoms with van der Waals surface area (Å²) in [5.74, 6) is -0.0610. The van der Waals surface area contributed by atoms with Crippen molar-refractivity contribution in [3.63, 3.8) is 0 Å². The van der Waals surface area contributed by atoms with Gasteiger partial charge in [0.1, 0.15) is 5.82 Å². The highest BCUT2D eigenvalue weighted by molar-refractivity contribution is 5.77. The molecular weight excluding hydrogens is 357 g/mol. The molecule has 2 aromatic rings. The second kappa shape index (κ2) is 6.99. The zero-order chi connectivity index (χ0) is 19.9. The normalized spacial score (nSPS) is 19.8. The van der Waals surface area contributed by atoms with Crippen LogP contribution in [0.5, 0.6) is 0 Å². The summed E-state index contributed by atoms with van der Waals surface area (Å²) in [4.78, 5) is 15.1. The lowest BCUT2D eigenvalue weighted by molar-refractivity contribution is -0.135. The Kier molecular flexibility index (Phi) is 4.78. The minimum atomic E-state index is -0.260. The Morgan fingerprint density at radius 2 is 1.96 bits per heavy atom. The monoisotopic (exact) mass is 385 g/mol. The van der Waals surface area contributed by atoms with Crippen LogP contribution in [0.25, 0.3) is 5.69 Å². The van der Waals surface area contributed by atoms with E-state index in [1.54, 1.807) is 19.2 Å². The standard InChI is InChI=1S/C22H28FN3O2/c1-21(2)10-19-16(12-24-26(19)18-6-4-17(23)5-7-18)13-25(14-21)20(27)11-22(8-9-22)15-28-3/h4-7,12H,8-11,13-15H2,1-3H3. The average molecular weight is 385 g/mol. The summed E-state index contributed by atoms with van der Waals surface area (Å²) in [5, 5.41) is 4.55. The van der Waals surface area contributed by atoms with Gasteiger partial charge in [0.25, 0.3) is 0 Å². The highest BCUT2D eigenvalue weighted by atomic mass is 19.1. The molecule has 0 radical (unpaired) electrons. The van der Waals surface area contributed by atoms with Gasteiger partial charge in [0, 0.05) is 43.3 Å². The van der Waals surface area contributed by atoms with Gasteiger partial charge in [-0.2, -0.15) is 5.10 Å². The minimum absolute atomic E-state index is 0.0450. The van der Waals surface area contributed by atoms with Crippen LogP contribution in [0.15, 0.2) is 30.5 Å². The maximum atomic E-state index is 13.3. The van der Waals surface area contributed by atoms with E-state index in [1.807, 2.05) is 15.8 Å². The fourth-order valence-electron chi connectivity index (χ4n) is 4.28. The van der Waals surface area contributed by atoms with Crippen molar-refractivity contribution >= 4 is 5.91 Å². The number of hydrogen-bond acceptors (Lipinski definition) is 3. The summed E-state index contributed by atoms with van der Waals surface area (Å²) >= 11 is 0. The summed E-state index contributed by atoms with van der Waals surface area (Å²) < 4.78 is 20.5. The molecule has 2 aliphatic rings. The van der Waals surface area contributed by atoms with E-state index in [9.17, 15) is 9.18 Å². The summed E-state index contributed by atoms with van der Waals surface area (Å²) in [6.45, 7) is 6.32. The van der Waals surface area contributed by atoms with Crippen LogP contribution < -0.4 is 0 Å². The summed E-state index contributed by atoms with van der Waals surface area (Å²) in [6.07, 6.45) is 5.35. The first kappa shape index (κ1) is 19.1. The molecule has 6 heteroatoms. The third-order valence-electron chi connectivity index (χ3n) is 5.94. The smallest absolute Gasteiger partial charge is 0.223 e. The molecule has 1 aromatic heterocycles. The van der Waals surface area contributed by atoms with Crippen LogP contribution in [-0.4, -0.2) is 40.8 Å². The SMILES string of the molecule is COCC1(CC(=O)N2Cc3cnn(-c4ccc(F)cc4)c3CC(C)(C)C2)CC1. The first-order chi connectivity index (χ1) is 13.3. The molecule has 0 N–H and O–H groups in total. The van der Waals surface area contributed by atoms with Gasteiger partial charge in [0.05, 0.1) is 18.5 Å². The van der Waals surface area contributed by atoms with Gasteiger partial charge in [-0.05, 0) is 48.9 Å². The largest absolute Gasteiger partial charge is 0.384 e. The molecule has 1 fully saturated rings. The van der Waals surface area contributed by atoms with E-state index in [0.29, 0.717) is 26.1 Å². The number of nitrogens with zero attached hydrogens (tertiary/aromatic N) is 3. The molecule has 150 valence electrons. The fourth-order valence-corrected chi connectivity index (χ4v) is 4.28. The average Bonchev–Trinajstić information content (AvgIpc) is 3.31. The molecule has 0 unspecified atom stereocenters. The molecule has 1 amide bonds. The number of halogens is 1. The Morgan fingerprint density at radius 3 is 2.61 bits per heavy atom. The van der Waals surface area contributed by atoms with Crippen LogP contribution in [0.3, 0.4) is 0 Å². The van der Waals surface area contributed by atoms with Crippen LogP contribution in [-0.2, 0) is 22.5 Å². The number of carbonyl (C=O) groups excluding carboxylic acids is 1. The van der Waals surface area contributed by atoms with Crippen LogP contribution in [0.1, 0.15) is 44.4 Å². The van der Waals surface area contributed by atoms with Crippen molar-refractivity contribution in [1.29, 1.82) is 0 Å². The number of carbonyl (C=O) groups is 1.